The third kappa shape index (κ3) is 5.98. The van der Waals surface area contributed by atoms with Gasteiger partial charge in [0.1, 0.15) is 10.8 Å². The van der Waals surface area contributed by atoms with E-state index >= 15 is 0 Å². The van der Waals surface area contributed by atoms with Crippen LogP contribution in [0.1, 0.15) is 37.5 Å². The fraction of sp³-hybridized carbons (Fsp3) is 0.250. The molecule has 0 unspecified atom stereocenters. The van der Waals surface area contributed by atoms with Gasteiger partial charge in [0.25, 0.3) is 5.56 Å². The van der Waals surface area contributed by atoms with Crippen molar-refractivity contribution >= 4 is 39.5 Å². The summed E-state index contributed by atoms with van der Waals surface area (Å²) in [5.41, 5.74) is 1.78. The van der Waals surface area contributed by atoms with Crippen LogP contribution < -0.4 is 20.7 Å². The zero-order valence-electron chi connectivity index (χ0n) is 19.5. The third-order valence-electron chi connectivity index (χ3n) is 4.96. The van der Waals surface area contributed by atoms with Crippen molar-refractivity contribution < 1.29 is 13.2 Å². The van der Waals surface area contributed by atoms with E-state index in [9.17, 15) is 18.0 Å². The van der Waals surface area contributed by atoms with Crippen molar-refractivity contribution in [1.82, 2.24) is 9.55 Å². The fourth-order valence-electron chi connectivity index (χ4n) is 3.39. The molecule has 2 aromatic carbocycles. The molecule has 0 saturated heterocycles. The topological polar surface area (TPSA) is 110 Å². The van der Waals surface area contributed by atoms with Gasteiger partial charge < -0.3 is 4.74 Å². The van der Waals surface area contributed by atoms with Gasteiger partial charge in [-0.05, 0) is 35.2 Å². The zero-order chi connectivity index (χ0) is 25.3. The lowest BCUT2D eigenvalue weighted by Crippen LogP contribution is -2.29. The lowest BCUT2D eigenvalue weighted by atomic mass is 9.84. The second kappa shape index (κ2) is 9.52. The van der Waals surface area contributed by atoms with Crippen molar-refractivity contribution in [2.45, 2.75) is 26.2 Å². The average Bonchev–Trinajstić information content (AvgIpc) is 2.73. The van der Waals surface area contributed by atoms with Crippen molar-refractivity contribution in [2.75, 3.05) is 18.1 Å². The van der Waals surface area contributed by atoms with Gasteiger partial charge >= 0.3 is 5.69 Å². The lowest BCUT2D eigenvalue weighted by molar-refractivity contribution is 0.396. The first-order valence-corrected chi connectivity index (χ1v) is 12.6. The quantitative estimate of drug-likeness (QED) is 0.493. The summed E-state index contributed by atoms with van der Waals surface area (Å²) in [5, 5.41) is -0.104. The Morgan fingerprint density at radius 1 is 1.09 bits per heavy atom. The summed E-state index contributed by atoms with van der Waals surface area (Å²) in [7, 11) is -1.78. The molecule has 1 aromatic heterocycles. The highest BCUT2D eigenvalue weighted by atomic mass is 35.5. The Morgan fingerprint density at radius 2 is 1.74 bits per heavy atom. The number of methoxy groups -OCH3 is 1. The number of hydrogen-bond donors (Lipinski definition) is 2. The first kappa shape index (κ1) is 25.3. The van der Waals surface area contributed by atoms with Gasteiger partial charge in [0.15, 0.2) is 0 Å². The summed E-state index contributed by atoms with van der Waals surface area (Å²) in [6, 6.07) is 10.5. The lowest BCUT2D eigenvalue weighted by Gasteiger charge is -2.25. The molecule has 180 valence electrons. The molecule has 0 fully saturated rings. The maximum absolute atomic E-state index is 12.5. The minimum atomic E-state index is -3.36. The maximum atomic E-state index is 12.5. The second-order valence-electron chi connectivity index (χ2n) is 8.80. The molecule has 3 aromatic rings. The molecule has 34 heavy (non-hydrogen) atoms. The van der Waals surface area contributed by atoms with Crippen LogP contribution in [0.15, 0.2) is 52.2 Å². The molecular formula is C24H26ClN3O5S. The van der Waals surface area contributed by atoms with Crippen molar-refractivity contribution in [2.24, 2.45) is 0 Å². The molecule has 0 atom stereocenters. The van der Waals surface area contributed by atoms with Gasteiger partial charge in [-0.25, -0.2) is 13.2 Å². The molecule has 0 saturated carbocycles. The summed E-state index contributed by atoms with van der Waals surface area (Å²) < 4.78 is 32.2. The van der Waals surface area contributed by atoms with E-state index in [4.69, 9.17) is 16.3 Å². The number of H-pyrrole nitrogens is 1. The highest BCUT2D eigenvalue weighted by molar-refractivity contribution is 7.92. The Balaban J connectivity index is 2.13. The largest absolute Gasteiger partial charge is 0.496 e. The van der Waals surface area contributed by atoms with Crippen LogP contribution in [-0.2, 0) is 15.4 Å². The first-order valence-electron chi connectivity index (χ1n) is 10.3. The molecule has 1 heterocycles. The van der Waals surface area contributed by atoms with Gasteiger partial charge in [-0.15, -0.1) is 0 Å². The summed E-state index contributed by atoms with van der Waals surface area (Å²) >= 11 is 5.97. The molecule has 0 amide bonds. The number of ether oxygens (including phenoxy) is 1. The predicted molar refractivity (Wildman–Crippen MR) is 137 cm³/mol. The van der Waals surface area contributed by atoms with Crippen LogP contribution in [0.3, 0.4) is 0 Å². The van der Waals surface area contributed by atoms with E-state index in [-0.39, 0.29) is 10.4 Å². The minimum absolute atomic E-state index is 0.104. The highest BCUT2D eigenvalue weighted by Gasteiger charge is 2.22. The Bertz CT molecular complexity index is 1460. The van der Waals surface area contributed by atoms with E-state index in [2.05, 4.69) is 9.71 Å². The summed E-state index contributed by atoms with van der Waals surface area (Å²) in [6.07, 6.45) is 6.07. The molecular weight excluding hydrogens is 478 g/mol. The number of halogens is 1. The average molecular weight is 504 g/mol. The van der Waals surface area contributed by atoms with Crippen molar-refractivity contribution in [3.05, 3.63) is 85.1 Å². The molecule has 2 N–H and O–H groups in total. The van der Waals surface area contributed by atoms with E-state index in [1.165, 1.54) is 10.8 Å². The predicted octanol–water partition coefficient (Wildman–Crippen LogP) is 4.03. The molecule has 0 radical (unpaired) electrons. The number of aromatic nitrogens is 2. The first-order chi connectivity index (χ1) is 15.8. The number of hydrogen-bond acceptors (Lipinski definition) is 5. The molecule has 8 nitrogen and oxygen atoms in total. The monoisotopic (exact) mass is 503 g/mol. The Labute approximate surface area is 202 Å². The summed E-state index contributed by atoms with van der Waals surface area (Å²) in [5.74, 6) is 0.645. The molecule has 10 heteroatoms. The van der Waals surface area contributed by atoms with Crippen LogP contribution >= 0.6 is 11.6 Å². The number of aromatic amines is 1. The van der Waals surface area contributed by atoms with Crippen LogP contribution in [0.2, 0.25) is 5.02 Å². The fourth-order valence-corrected chi connectivity index (χ4v) is 4.09. The molecule has 0 aliphatic heterocycles. The molecule has 0 aliphatic rings. The van der Waals surface area contributed by atoms with Gasteiger partial charge in [-0.3, -0.25) is 19.1 Å². The van der Waals surface area contributed by atoms with Crippen LogP contribution in [0.4, 0.5) is 5.69 Å². The maximum Gasteiger partial charge on any atom is 0.332 e. The number of anilines is 1. The van der Waals surface area contributed by atoms with E-state index < -0.39 is 21.3 Å². The molecule has 3 rings (SSSR count). The van der Waals surface area contributed by atoms with Gasteiger partial charge in [-0.2, -0.15) is 0 Å². The smallest absolute Gasteiger partial charge is 0.332 e. The Kier molecular flexibility index (Phi) is 7.09. The summed E-state index contributed by atoms with van der Waals surface area (Å²) in [4.78, 5) is 26.4. The van der Waals surface area contributed by atoms with Gasteiger partial charge in [0.2, 0.25) is 10.0 Å². The van der Waals surface area contributed by atoms with Crippen LogP contribution in [0.5, 0.6) is 5.75 Å². The zero-order valence-corrected chi connectivity index (χ0v) is 21.0. The summed E-state index contributed by atoms with van der Waals surface area (Å²) in [6.45, 7) is 6.08. The van der Waals surface area contributed by atoms with Crippen molar-refractivity contribution in [1.29, 1.82) is 0 Å². The highest BCUT2D eigenvalue weighted by Crippen LogP contribution is 2.37. The SMILES string of the molecule is COc1c(C=Cc2ccc(NS(C)(=O)=O)cc2)cc(-n2cc(Cl)c(=O)[nH]c2=O)cc1C(C)(C)C. The molecule has 0 spiro atoms. The second-order valence-corrected chi connectivity index (χ2v) is 11.0. The number of sulfonamides is 1. The standard InChI is InChI=1S/C24H26ClN3O5S/c1-24(2,3)19-13-18(28-14-20(25)22(29)26-23(28)30)12-16(21(19)33-4)9-6-15-7-10-17(11-8-15)27-34(5,31)32/h6-14,27H,1-5H3,(H,26,29,30). The number of rotatable bonds is 6. The molecule has 0 aliphatic carbocycles. The van der Waals surface area contributed by atoms with Crippen molar-refractivity contribution in [3.63, 3.8) is 0 Å². The normalized spacial score (nSPS) is 12.2. The van der Waals surface area contributed by atoms with Crippen molar-refractivity contribution in [3.8, 4) is 11.4 Å². The van der Waals surface area contributed by atoms with Crippen LogP contribution in [0, 0.1) is 0 Å². The van der Waals surface area contributed by atoms with E-state index in [1.54, 1.807) is 37.4 Å². The van der Waals surface area contributed by atoms with E-state index in [0.717, 1.165) is 17.4 Å². The van der Waals surface area contributed by atoms with Crippen LogP contribution in [-0.4, -0.2) is 31.3 Å². The third-order valence-corrected chi connectivity index (χ3v) is 5.84. The van der Waals surface area contributed by atoms with Gasteiger partial charge in [0.05, 0.1) is 19.1 Å². The number of nitrogens with one attached hydrogen (secondary N) is 2. The van der Waals surface area contributed by atoms with Gasteiger partial charge in [0, 0.05) is 23.0 Å². The Morgan fingerprint density at radius 3 is 2.29 bits per heavy atom. The van der Waals surface area contributed by atoms with Gasteiger partial charge in [-0.1, -0.05) is 56.7 Å². The molecule has 0 bridgehead atoms. The van der Waals surface area contributed by atoms with E-state index in [0.29, 0.717) is 22.7 Å². The van der Waals surface area contributed by atoms with E-state index in [1.807, 2.05) is 39.0 Å². The Hall–Kier alpha value is -3.30. The number of benzene rings is 2. The minimum Gasteiger partial charge on any atom is -0.496 e. The van der Waals surface area contributed by atoms with Crippen LogP contribution in [0.25, 0.3) is 17.8 Å². The number of nitrogens with zero attached hydrogens (tertiary/aromatic N) is 1.